The van der Waals surface area contributed by atoms with Gasteiger partial charge in [-0.2, -0.15) is 0 Å². The summed E-state index contributed by atoms with van der Waals surface area (Å²) in [6, 6.07) is 11.4. The van der Waals surface area contributed by atoms with Crippen molar-refractivity contribution in [3.63, 3.8) is 0 Å². The fourth-order valence-corrected chi connectivity index (χ4v) is 3.91. The largest absolute Gasteiger partial charge is 0.326 e. The van der Waals surface area contributed by atoms with Crippen molar-refractivity contribution >= 4 is 50.7 Å². The molecule has 0 unspecified atom stereocenters. The molecule has 0 saturated carbocycles. The van der Waals surface area contributed by atoms with E-state index in [0.29, 0.717) is 17.3 Å². The second kappa shape index (κ2) is 8.44. The van der Waals surface area contributed by atoms with E-state index in [4.69, 9.17) is 11.6 Å². The Balaban J connectivity index is 1.79. The van der Waals surface area contributed by atoms with Crippen molar-refractivity contribution in [1.82, 2.24) is 0 Å². The number of benzene rings is 2. The highest BCUT2D eigenvalue weighted by molar-refractivity contribution is 9.10. The molecule has 6 heteroatoms. The Labute approximate surface area is 173 Å². The van der Waals surface area contributed by atoms with Gasteiger partial charge in [0, 0.05) is 28.8 Å². The molecule has 1 N–H and O–H groups in total. The fourth-order valence-electron chi connectivity index (χ4n) is 3.48. The lowest BCUT2D eigenvalue weighted by Crippen LogP contribution is -2.29. The number of carbonyl (C=O) groups excluding carboxylic acids is 2. The quantitative estimate of drug-likeness (QED) is 0.680. The Morgan fingerprint density at radius 3 is 2.48 bits per heavy atom. The maximum atomic E-state index is 12.7. The van der Waals surface area contributed by atoms with Crippen LogP contribution in [-0.4, -0.2) is 18.4 Å². The van der Waals surface area contributed by atoms with Crippen molar-refractivity contribution in [3.8, 4) is 0 Å². The normalized spacial score (nSPS) is 16.7. The van der Waals surface area contributed by atoms with E-state index < -0.39 is 0 Å². The number of para-hydroxylation sites is 1. The molecule has 2 amide bonds. The highest BCUT2D eigenvalue weighted by Crippen LogP contribution is 2.33. The molecule has 1 heterocycles. The van der Waals surface area contributed by atoms with Gasteiger partial charge in [0.25, 0.3) is 0 Å². The molecule has 0 bridgehead atoms. The highest BCUT2D eigenvalue weighted by Gasteiger charge is 2.36. The Morgan fingerprint density at radius 1 is 1.22 bits per heavy atom. The molecule has 1 aliphatic rings. The van der Waals surface area contributed by atoms with Crippen LogP contribution in [0.1, 0.15) is 31.4 Å². The Kier molecular flexibility index (Phi) is 6.22. The summed E-state index contributed by atoms with van der Waals surface area (Å²) in [5, 5.41) is 3.41. The molecule has 0 radical (unpaired) electrons. The minimum atomic E-state index is -0.380. The predicted octanol–water partition coefficient (Wildman–Crippen LogP) is 5.22. The summed E-state index contributed by atoms with van der Waals surface area (Å²) in [5.41, 5.74) is 3.89. The number of hydrogen-bond donors (Lipinski definition) is 1. The molecule has 2 aromatic carbocycles. The molecular formula is C21H22BrClN2O2. The van der Waals surface area contributed by atoms with Gasteiger partial charge in [-0.05, 0) is 58.1 Å². The summed E-state index contributed by atoms with van der Waals surface area (Å²) in [7, 11) is 0. The minimum Gasteiger partial charge on any atom is -0.326 e. The Morgan fingerprint density at radius 2 is 1.89 bits per heavy atom. The number of nitrogens with one attached hydrogen (secondary N) is 1. The monoisotopic (exact) mass is 448 g/mol. The molecule has 142 valence electrons. The molecule has 27 heavy (non-hydrogen) atoms. The molecule has 0 spiro atoms. The highest BCUT2D eigenvalue weighted by atomic mass is 79.9. The number of carbonyl (C=O) groups is 2. The van der Waals surface area contributed by atoms with Crippen LogP contribution in [-0.2, 0) is 22.4 Å². The molecule has 1 fully saturated rings. The van der Waals surface area contributed by atoms with Crippen molar-refractivity contribution in [3.05, 3.63) is 57.0 Å². The summed E-state index contributed by atoms with van der Waals surface area (Å²) >= 11 is 9.42. The predicted molar refractivity (Wildman–Crippen MR) is 113 cm³/mol. The van der Waals surface area contributed by atoms with E-state index in [0.717, 1.165) is 34.1 Å². The zero-order valence-corrected chi connectivity index (χ0v) is 17.7. The minimum absolute atomic E-state index is 0.000381. The van der Waals surface area contributed by atoms with E-state index in [1.807, 2.05) is 6.07 Å². The molecule has 1 atom stereocenters. The topological polar surface area (TPSA) is 49.4 Å². The van der Waals surface area contributed by atoms with Crippen molar-refractivity contribution in [1.29, 1.82) is 0 Å². The van der Waals surface area contributed by atoms with E-state index in [1.54, 1.807) is 23.1 Å². The number of amides is 2. The van der Waals surface area contributed by atoms with E-state index in [-0.39, 0.29) is 24.2 Å². The summed E-state index contributed by atoms with van der Waals surface area (Å²) in [6.45, 7) is 4.57. The molecular weight excluding hydrogens is 428 g/mol. The van der Waals surface area contributed by atoms with Gasteiger partial charge >= 0.3 is 0 Å². The number of hydrogen-bond acceptors (Lipinski definition) is 2. The maximum absolute atomic E-state index is 12.7. The molecule has 4 nitrogen and oxygen atoms in total. The van der Waals surface area contributed by atoms with Crippen molar-refractivity contribution in [2.75, 3.05) is 16.8 Å². The van der Waals surface area contributed by atoms with E-state index in [9.17, 15) is 9.59 Å². The third kappa shape index (κ3) is 4.19. The number of nitrogens with zero attached hydrogens (tertiary/aromatic N) is 1. The van der Waals surface area contributed by atoms with Crippen LogP contribution in [0, 0.1) is 5.92 Å². The molecule has 0 aromatic heterocycles. The average Bonchev–Trinajstić information content (AvgIpc) is 3.05. The standard InChI is InChI=1S/C21H22BrClN2O2/c1-3-13-6-5-7-14(4-2)20(13)25-12-15(10-19(25)26)21(27)24-16-8-9-17(22)18(23)11-16/h5-9,11,15H,3-4,10,12H2,1-2H3,(H,24,27)/t15-/m1/s1. The second-order valence-electron chi connectivity index (χ2n) is 6.66. The van der Waals surface area contributed by atoms with Gasteiger partial charge in [-0.3, -0.25) is 9.59 Å². The van der Waals surface area contributed by atoms with E-state index >= 15 is 0 Å². The summed E-state index contributed by atoms with van der Waals surface area (Å²) in [4.78, 5) is 27.2. The molecule has 3 rings (SSSR count). The third-order valence-electron chi connectivity index (χ3n) is 4.92. The summed E-state index contributed by atoms with van der Waals surface area (Å²) in [5.74, 6) is -0.537. The van der Waals surface area contributed by atoms with Crippen LogP contribution in [0.2, 0.25) is 5.02 Å². The van der Waals surface area contributed by atoms with Crippen LogP contribution in [0.4, 0.5) is 11.4 Å². The summed E-state index contributed by atoms with van der Waals surface area (Å²) < 4.78 is 0.771. The smallest absolute Gasteiger partial charge is 0.229 e. The van der Waals surface area contributed by atoms with Gasteiger partial charge in [0.05, 0.1) is 10.9 Å². The second-order valence-corrected chi connectivity index (χ2v) is 7.92. The lowest BCUT2D eigenvalue weighted by molar-refractivity contribution is -0.122. The Hall–Kier alpha value is -1.85. The van der Waals surface area contributed by atoms with Crippen molar-refractivity contribution < 1.29 is 9.59 Å². The van der Waals surface area contributed by atoms with Crippen molar-refractivity contribution in [2.24, 2.45) is 5.92 Å². The zero-order chi connectivity index (χ0) is 19.6. The van der Waals surface area contributed by atoms with Gasteiger partial charge in [0.15, 0.2) is 0 Å². The van der Waals surface area contributed by atoms with Crippen molar-refractivity contribution in [2.45, 2.75) is 33.1 Å². The third-order valence-corrected chi connectivity index (χ3v) is 6.15. The first-order valence-corrected chi connectivity index (χ1v) is 10.3. The maximum Gasteiger partial charge on any atom is 0.229 e. The number of rotatable bonds is 5. The van der Waals surface area contributed by atoms with Gasteiger partial charge in [0.1, 0.15) is 0 Å². The van der Waals surface area contributed by atoms with E-state index in [1.165, 1.54) is 0 Å². The van der Waals surface area contributed by atoms with Crippen LogP contribution in [0.3, 0.4) is 0 Å². The lowest BCUT2D eigenvalue weighted by Gasteiger charge is -2.23. The molecule has 1 saturated heterocycles. The van der Waals surface area contributed by atoms with Gasteiger partial charge in [-0.25, -0.2) is 0 Å². The van der Waals surface area contributed by atoms with E-state index in [2.05, 4.69) is 47.2 Å². The number of anilines is 2. The van der Waals surface area contributed by atoms with Gasteiger partial charge in [-0.1, -0.05) is 43.6 Å². The molecule has 2 aromatic rings. The van der Waals surface area contributed by atoms with Crippen LogP contribution >= 0.6 is 27.5 Å². The van der Waals surface area contributed by atoms with Crippen LogP contribution in [0.15, 0.2) is 40.9 Å². The first-order chi connectivity index (χ1) is 12.9. The average molecular weight is 450 g/mol. The summed E-state index contributed by atoms with van der Waals surface area (Å²) in [6.07, 6.45) is 1.92. The number of aryl methyl sites for hydroxylation is 2. The Bertz CT molecular complexity index is 862. The fraction of sp³-hybridized carbons (Fsp3) is 0.333. The van der Waals surface area contributed by atoms with Gasteiger partial charge < -0.3 is 10.2 Å². The first-order valence-electron chi connectivity index (χ1n) is 9.11. The number of halogens is 2. The SMILES string of the molecule is CCc1cccc(CC)c1N1C[C@H](C(=O)Nc2ccc(Br)c(Cl)c2)CC1=O. The first kappa shape index (κ1) is 19.9. The van der Waals surface area contributed by atoms with Crippen LogP contribution in [0.25, 0.3) is 0 Å². The van der Waals surface area contributed by atoms with Crippen LogP contribution in [0.5, 0.6) is 0 Å². The van der Waals surface area contributed by atoms with Crippen LogP contribution < -0.4 is 10.2 Å². The van der Waals surface area contributed by atoms with Gasteiger partial charge in [-0.15, -0.1) is 0 Å². The zero-order valence-electron chi connectivity index (χ0n) is 15.4. The lowest BCUT2D eigenvalue weighted by atomic mass is 10.0. The molecule has 0 aliphatic carbocycles. The van der Waals surface area contributed by atoms with Gasteiger partial charge in [0.2, 0.25) is 11.8 Å². The molecule has 1 aliphatic heterocycles.